The SMILES string of the molecule is COc1cccc(N2CCN(C(=O)C3CCN(c4ccc(C#N)cn4)CC3)CC2)c1. The molecule has 3 heterocycles. The van der Waals surface area contributed by atoms with Crippen LogP contribution in [0, 0.1) is 17.2 Å². The molecule has 0 bridgehead atoms. The minimum absolute atomic E-state index is 0.0861. The Labute approximate surface area is 177 Å². The average molecular weight is 406 g/mol. The van der Waals surface area contributed by atoms with Crippen LogP contribution in [0.1, 0.15) is 18.4 Å². The highest BCUT2D eigenvalue weighted by Gasteiger charge is 2.30. The Morgan fingerprint density at radius 1 is 1.07 bits per heavy atom. The second-order valence-electron chi connectivity index (χ2n) is 7.79. The van der Waals surface area contributed by atoms with Crippen molar-refractivity contribution in [2.45, 2.75) is 12.8 Å². The third-order valence-electron chi connectivity index (χ3n) is 6.05. The van der Waals surface area contributed by atoms with Crippen molar-refractivity contribution in [3.05, 3.63) is 48.2 Å². The highest BCUT2D eigenvalue weighted by Crippen LogP contribution is 2.26. The zero-order valence-corrected chi connectivity index (χ0v) is 17.3. The number of hydrogen-bond acceptors (Lipinski definition) is 6. The molecule has 2 fully saturated rings. The summed E-state index contributed by atoms with van der Waals surface area (Å²) in [7, 11) is 1.68. The molecule has 2 aliphatic rings. The number of rotatable bonds is 4. The van der Waals surface area contributed by atoms with Gasteiger partial charge in [0, 0.05) is 63.1 Å². The van der Waals surface area contributed by atoms with Crippen molar-refractivity contribution in [1.82, 2.24) is 9.88 Å². The van der Waals surface area contributed by atoms with E-state index in [0.29, 0.717) is 5.56 Å². The Morgan fingerprint density at radius 3 is 2.47 bits per heavy atom. The van der Waals surface area contributed by atoms with Crippen molar-refractivity contribution in [2.75, 3.05) is 56.2 Å². The molecular formula is C23H27N5O2. The highest BCUT2D eigenvalue weighted by atomic mass is 16.5. The standard InChI is InChI=1S/C23H27N5O2/c1-30-21-4-2-3-20(15-21)26-11-13-28(14-12-26)23(29)19-7-9-27(10-8-19)22-6-5-18(16-24)17-25-22/h2-6,15,17,19H,7-14H2,1H3. The number of hydrogen-bond donors (Lipinski definition) is 0. The fraction of sp³-hybridized carbons (Fsp3) is 0.435. The predicted octanol–water partition coefficient (Wildman–Crippen LogP) is 2.53. The number of piperazine rings is 1. The lowest BCUT2D eigenvalue weighted by molar-refractivity contribution is -0.136. The number of anilines is 2. The minimum Gasteiger partial charge on any atom is -0.497 e. The Morgan fingerprint density at radius 2 is 1.83 bits per heavy atom. The normalized spacial score (nSPS) is 17.5. The summed E-state index contributed by atoms with van der Waals surface area (Å²) in [5.41, 5.74) is 1.71. The largest absolute Gasteiger partial charge is 0.497 e. The average Bonchev–Trinajstić information content (AvgIpc) is 2.84. The van der Waals surface area contributed by atoms with E-state index < -0.39 is 0 Å². The topological polar surface area (TPSA) is 72.7 Å². The first-order chi connectivity index (χ1) is 14.7. The first kappa shape index (κ1) is 20.0. The van der Waals surface area contributed by atoms with Crippen molar-refractivity contribution >= 4 is 17.4 Å². The summed E-state index contributed by atoms with van der Waals surface area (Å²) in [5, 5.41) is 8.91. The number of piperidine rings is 1. The lowest BCUT2D eigenvalue weighted by atomic mass is 9.95. The molecule has 1 amide bonds. The van der Waals surface area contributed by atoms with Crippen LogP contribution in [0.5, 0.6) is 5.75 Å². The maximum atomic E-state index is 13.0. The Hall–Kier alpha value is -3.27. The van der Waals surface area contributed by atoms with Gasteiger partial charge in [0.1, 0.15) is 17.6 Å². The van der Waals surface area contributed by atoms with E-state index in [-0.39, 0.29) is 11.8 Å². The van der Waals surface area contributed by atoms with Gasteiger partial charge in [0.15, 0.2) is 0 Å². The van der Waals surface area contributed by atoms with Crippen LogP contribution in [-0.4, -0.2) is 62.2 Å². The minimum atomic E-state index is 0.0861. The van der Waals surface area contributed by atoms with Gasteiger partial charge in [-0.25, -0.2) is 4.98 Å². The second-order valence-corrected chi connectivity index (χ2v) is 7.79. The summed E-state index contributed by atoms with van der Waals surface area (Å²) < 4.78 is 5.32. The third-order valence-corrected chi connectivity index (χ3v) is 6.05. The first-order valence-corrected chi connectivity index (χ1v) is 10.5. The van der Waals surface area contributed by atoms with Crippen molar-refractivity contribution in [3.8, 4) is 11.8 Å². The molecule has 7 heteroatoms. The number of benzene rings is 1. The summed E-state index contributed by atoms with van der Waals surface area (Å²) >= 11 is 0. The van der Waals surface area contributed by atoms with E-state index in [4.69, 9.17) is 10.00 Å². The summed E-state index contributed by atoms with van der Waals surface area (Å²) in [4.78, 5) is 24.0. The van der Waals surface area contributed by atoms with Crippen molar-refractivity contribution in [3.63, 3.8) is 0 Å². The molecule has 0 saturated carbocycles. The van der Waals surface area contributed by atoms with Gasteiger partial charge in [0.05, 0.1) is 12.7 Å². The zero-order valence-electron chi connectivity index (χ0n) is 17.3. The molecule has 7 nitrogen and oxygen atoms in total. The number of nitrogens with zero attached hydrogens (tertiary/aromatic N) is 5. The number of carbonyl (C=O) groups is 1. The van der Waals surface area contributed by atoms with Crippen LogP contribution in [0.3, 0.4) is 0 Å². The van der Waals surface area contributed by atoms with Crippen molar-refractivity contribution in [2.24, 2.45) is 5.92 Å². The van der Waals surface area contributed by atoms with Gasteiger partial charge in [-0.1, -0.05) is 6.07 Å². The van der Waals surface area contributed by atoms with Crippen LogP contribution in [0.4, 0.5) is 11.5 Å². The molecular weight excluding hydrogens is 378 g/mol. The molecule has 0 atom stereocenters. The molecule has 0 aliphatic carbocycles. The van der Waals surface area contributed by atoms with Gasteiger partial charge in [-0.2, -0.15) is 5.26 Å². The van der Waals surface area contributed by atoms with Gasteiger partial charge in [0.2, 0.25) is 5.91 Å². The smallest absolute Gasteiger partial charge is 0.225 e. The van der Waals surface area contributed by atoms with Crippen LogP contribution < -0.4 is 14.5 Å². The van der Waals surface area contributed by atoms with Gasteiger partial charge in [-0.3, -0.25) is 4.79 Å². The quantitative estimate of drug-likeness (QED) is 0.778. The van der Waals surface area contributed by atoms with Gasteiger partial charge >= 0.3 is 0 Å². The lowest BCUT2D eigenvalue weighted by Crippen LogP contribution is -2.51. The molecule has 0 N–H and O–H groups in total. The molecule has 2 aliphatic heterocycles. The van der Waals surface area contributed by atoms with E-state index in [9.17, 15) is 4.79 Å². The monoisotopic (exact) mass is 405 g/mol. The maximum absolute atomic E-state index is 13.0. The fourth-order valence-electron chi connectivity index (χ4n) is 4.25. The van der Waals surface area contributed by atoms with Gasteiger partial charge in [0.25, 0.3) is 0 Å². The Kier molecular flexibility index (Phi) is 6.03. The number of pyridine rings is 1. The fourth-order valence-corrected chi connectivity index (χ4v) is 4.25. The van der Waals surface area contributed by atoms with E-state index in [1.165, 1.54) is 0 Å². The molecule has 4 rings (SSSR count). The number of ether oxygens (including phenoxy) is 1. The van der Waals surface area contributed by atoms with Gasteiger partial charge < -0.3 is 19.4 Å². The van der Waals surface area contributed by atoms with E-state index in [1.54, 1.807) is 19.4 Å². The van der Waals surface area contributed by atoms with E-state index >= 15 is 0 Å². The van der Waals surface area contributed by atoms with Crippen LogP contribution in [0.2, 0.25) is 0 Å². The van der Waals surface area contributed by atoms with Crippen molar-refractivity contribution < 1.29 is 9.53 Å². The molecule has 0 unspecified atom stereocenters. The zero-order chi connectivity index (χ0) is 20.9. The van der Waals surface area contributed by atoms with E-state index in [1.807, 2.05) is 29.2 Å². The number of methoxy groups -OCH3 is 1. The van der Waals surface area contributed by atoms with Gasteiger partial charge in [-0.15, -0.1) is 0 Å². The molecule has 1 aromatic carbocycles. The summed E-state index contributed by atoms with van der Waals surface area (Å²) in [6, 6.07) is 13.9. The predicted molar refractivity (Wildman–Crippen MR) is 116 cm³/mol. The molecule has 0 radical (unpaired) electrons. The van der Waals surface area contributed by atoms with E-state index in [0.717, 1.165) is 69.4 Å². The Bertz CT molecular complexity index is 908. The van der Waals surface area contributed by atoms with Crippen LogP contribution in [0.15, 0.2) is 42.6 Å². The van der Waals surface area contributed by atoms with E-state index in [2.05, 4.69) is 26.9 Å². The Balaban J connectivity index is 1.28. The number of aromatic nitrogens is 1. The summed E-state index contributed by atoms with van der Waals surface area (Å²) in [6.45, 7) is 4.83. The molecule has 0 spiro atoms. The summed E-state index contributed by atoms with van der Waals surface area (Å²) in [6.07, 6.45) is 3.29. The van der Waals surface area contributed by atoms with Crippen LogP contribution in [0.25, 0.3) is 0 Å². The lowest BCUT2D eigenvalue weighted by Gasteiger charge is -2.39. The third kappa shape index (κ3) is 4.33. The summed E-state index contributed by atoms with van der Waals surface area (Å²) in [5.74, 6) is 2.11. The maximum Gasteiger partial charge on any atom is 0.225 e. The number of amides is 1. The number of carbonyl (C=O) groups excluding carboxylic acids is 1. The molecule has 1 aromatic heterocycles. The molecule has 2 saturated heterocycles. The first-order valence-electron chi connectivity index (χ1n) is 10.5. The van der Waals surface area contributed by atoms with Crippen LogP contribution in [-0.2, 0) is 4.79 Å². The molecule has 156 valence electrons. The second kappa shape index (κ2) is 9.04. The highest BCUT2D eigenvalue weighted by molar-refractivity contribution is 5.79. The van der Waals surface area contributed by atoms with Crippen LogP contribution >= 0.6 is 0 Å². The molecule has 2 aromatic rings. The van der Waals surface area contributed by atoms with Crippen molar-refractivity contribution in [1.29, 1.82) is 5.26 Å². The molecule has 30 heavy (non-hydrogen) atoms. The number of nitriles is 1. The van der Waals surface area contributed by atoms with Gasteiger partial charge in [-0.05, 0) is 37.1 Å².